The van der Waals surface area contributed by atoms with Crippen molar-refractivity contribution >= 4 is 6.03 Å². The number of carbonyl (C=O) groups is 1. The second-order valence-corrected chi connectivity index (χ2v) is 6.87. The van der Waals surface area contributed by atoms with Crippen LogP contribution in [0, 0.1) is 13.8 Å². The van der Waals surface area contributed by atoms with E-state index in [9.17, 15) is 4.79 Å². The van der Waals surface area contributed by atoms with Crippen LogP contribution in [0.5, 0.6) is 0 Å². The van der Waals surface area contributed by atoms with Crippen molar-refractivity contribution in [3.8, 4) is 22.5 Å². The molecule has 144 valence electrons. The molecular formula is C23H21N5O. The summed E-state index contributed by atoms with van der Waals surface area (Å²) in [5.74, 6) is 0. The van der Waals surface area contributed by atoms with Gasteiger partial charge in [-0.05, 0) is 43.2 Å². The number of hydrogen-bond donors (Lipinski definition) is 1. The Labute approximate surface area is 169 Å². The molecule has 3 heterocycles. The standard InChI is InChI=1S/C23H21N5O/c1-16-12-18(14-25-22(16)20-8-10-24-17(2)13-20)15-26-23(29)28-11-9-21(27-28)19-6-4-3-5-7-19/h3-14H,15H2,1-2H3,(H,26,29). The van der Waals surface area contributed by atoms with Crippen molar-refractivity contribution in [1.29, 1.82) is 0 Å². The Kier molecular flexibility index (Phi) is 5.16. The lowest BCUT2D eigenvalue weighted by molar-refractivity contribution is 0.239. The van der Waals surface area contributed by atoms with Crippen molar-refractivity contribution in [2.75, 3.05) is 0 Å². The van der Waals surface area contributed by atoms with E-state index < -0.39 is 0 Å². The van der Waals surface area contributed by atoms with Crippen LogP contribution in [0.4, 0.5) is 4.79 Å². The molecule has 6 nitrogen and oxygen atoms in total. The first kappa shape index (κ1) is 18.6. The predicted octanol–water partition coefficient (Wildman–Crippen LogP) is 4.38. The van der Waals surface area contributed by atoms with Gasteiger partial charge in [-0.3, -0.25) is 9.97 Å². The van der Waals surface area contributed by atoms with Crippen LogP contribution < -0.4 is 5.32 Å². The van der Waals surface area contributed by atoms with Crippen LogP contribution in [0.3, 0.4) is 0 Å². The minimum atomic E-state index is -0.279. The van der Waals surface area contributed by atoms with Crippen molar-refractivity contribution in [2.45, 2.75) is 20.4 Å². The molecule has 1 aromatic carbocycles. The van der Waals surface area contributed by atoms with Gasteiger partial charge in [0.2, 0.25) is 0 Å². The molecule has 4 rings (SSSR count). The average molecular weight is 383 g/mol. The fourth-order valence-electron chi connectivity index (χ4n) is 3.18. The maximum atomic E-state index is 12.4. The van der Waals surface area contributed by atoms with Crippen LogP contribution in [0.15, 0.2) is 73.2 Å². The van der Waals surface area contributed by atoms with E-state index in [2.05, 4.69) is 20.4 Å². The number of aromatic nitrogens is 4. The molecule has 6 heteroatoms. The van der Waals surface area contributed by atoms with E-state index in [-0.39, 0.29) is 6.03 Å². The minimum absolute atomic E-state index is 0.279. The summed E-state index contributed by atoms with van der Waals surface area (Å²) >= 11 is 0. The number of benzene rings is 1. The van der Waals surface area contributed by atoms with Crippen molar-refractivity contribution < 1.29 is 4.79 Å². The van der Waals surface area contributed by atoms with Crippen molar-refractivity contribution in [1.82, 2.24) is 25.1 Å². The Bertz CT molecular complexity index is 1150. The van der Waals surface area contributed by atoms with Gasteiger partial charge in [-0.2, -0.15) is 9.78 Å². The highest BCUT2D eigenvalue weighted by atomic mass is 16.2. The van der Waals surface area contributed by atoms with Gasteiger partial charge in [0.1, 0.15) is 0 Å². The zero-order valence-electron chi connectivity index (χ0n) is 16.3. The van der Waals surface area contributed by atoms with Crippen molar-refractivity contribution in [3.63, 3.8) is 0 Å². The molecule has 0 fully saturated rings. The number of carbonyl (C=O) groups excluding carboxylic acids is 1. The smallest absolute Gasteiger partial charge is 0.332 e. The predicted molar refractivity (Wildman–Crippen MR) is 112 cm³/mol. The Morgan fingerprint density at radius 1 is 1.00 bits per heavy atom. The number of rotatable bonds is 4. The molecule has 29 heavy (non-hydrogen) atoms. The maximum Gasteiger partial charge on any atom is 0.342 e. The second-order valence-electron chi connectivity index (χ2n) is 6.87. The number of nitrogens with zero attached hydrogens (tertiary/aromatic N) is 4. The molecule has 0 saturated carbocycles. The van der Waals surface area contributed by atoms with Crippen LogP contribution in [0.2, 0.25) is 0 Å². The van der Waals surface area contributed by atoms with Gasteiger partial charge >= 0.3 is 6.03 Å². The summed E-state index contributed by atoms with van der Waals surface area (Å²) in [6, 6.07) is 17.3. The molecule has 4 aromatic rings. The van der Waals surface area contributed by atoms with Gasteiger partial charge in [-0.1, -0.05) is 36.4 Å². The number of hydrogen-bond acceptors (Lipinski definition) is 4. The number of amides is 1. The van der Waals surface area contributed by atoms with Crippen molar-refractivity contribution in [3.05, 3.63) is 90.0 Å². The van der Waals surface area contributed by atoms with Gasteiger partial charge in [0.25, 0.3) is 0 Å². The van der Waals surface area contributed by atoms with E-state index in [0.717, 1.165) is 39.3 Å². The van der Waals surface area contributed by atoms with Gasteiger partial charge in [-0.25, -0.2) is 4.79 Å². The molecule has 0 aliphatic rings. The highest BCUT2D eigenvalue weighted by Crippen LogP contribution is 2.22. The van der Waals surface area contributed by atoms with Gasteiger partial charge < -0.3 is 5.32 Å². The normalized spacial score (nSPS) is 10.7. The van der Waals surface area contributed by atoms with Crippen LogP contribution >= 0.6 is 0 Å². The third kappa shape index (κ3) is 4.21. The lowest BCUT2D eigenvalue weighted by atomic mass is 10.1. The quantitative estimate of drug-likeness (QED) is 0.567. The number of pyridine rings is 2. The van der Waals surface area contributed by atoms with Crippen LogP contribution in [0.25, 0.3) is 22.5 Å². The van der Waals surface area contributed by atoms with E-state index >= 15 is 0 Å². The lowest BCUT2D eigenvalue weighted by Gasteiger charge is -2.09. The SMILES string of the molecule is Cc1cc(-c2ncc(CNC(=O)n3ccc(-c4ccccc4)n3)cc2C)ccn1. The van der Waals surface area contributed by atoms with E-state index in [1.54, 1.807) is 18.6 Å². The lowest BCUT2D eigenvalue weighted by Crippen LogP contribution is -2.28. The van der Waals surface area contributed by atoms with Crippen LogP contribution in [-0.4, -0.2) is 25.8 Å². The molecule has 0 radical (unpaired) electrons. The van der Waals surface area contributed by atoms with Crippen LogP contribution in [0.1, 0.15) is 16.8 Å². The Morgan fingerprint density at radius 3 is 2.59 bits per heavy atom. The third-order valence-corrected chi connectivity index (χ3v) is 4.62. The van der Waals surface area contributed by atoms with E-state index in [1.165, 1.54) is 4.68 Å². The fourth-order valence-corrected chi connectivity index (χ4v) is 3.18. The molecule has 3 aromatic heterocycles. The molecule has 1 amide bonds. The summed E-state index contributed by atoms with van der Waals surface area (Å²) in [6.45, 7) is 4.35. The number of nitrogens with one attached hydrogen (secondary N) is 1. The first-order chi connectivity index (χ1) is 14.1. The van der Waals surface area contributed by atoms with Gasteiger partial charge in [0, 0.05) is 42.0 Å². The first-order valence-corrected chi connectivity index (χ1v) is 9.38. The second kappa shape index (κ2) is 8.06. The topological polar surface area (TPSA) is 72.7 Å². The van der Waals surface area contributed by atoms with Crippen molar-refractivity contribution in [2.24, 2.45) is 0 Å². The molecule has 0 unspecified atom stereocenters. The molecule has 0 aliphatic heterocycles. The highest BCUT2D eigenvalue weighted by Gasteiger charge is 2.10. The molecule has 0 aliphatic carbocycles. The fraction of sp³-hybridized carbons (Fsp3) is 0.130. The number of aryl methyl sites for hydroxylation is 2. The maximum absolute atomic E-state index is 12.4. The monoisotopic (exact) mass is 383 g/mol. The summed E-state index contributed by atoms with van der Waals surface area (Å²) in [5.41, 5.74) is 6.62. The Hall–Kier alpha value is -3.80. The van der Waals surface area contributed by atoms with E-state index in [0.29, 0.717) is 6.54 Å². The molecular weight excluding hydrogens is 362 g/mol. The third-order valence-electron chi connectivity index (χ3n) is 4.62. The summed E-state index contributed by atoms with van der Waals surface area (Å²) in [4.78, 5) is 21.2. The highest BCUT2D eigenvalue weighted by molar-refractivity contribution is 5.76. The summed E-state index contributed by atoms with van der Waals surface area (Å²) < 4.78 is 1.32. The molecule has 0 bridgehead atoms. The summed E-state index contributed by atoms with van der Waals surface area (Å²) in [5, 5.41) is 7.24. The summed E-state index contributed by atoms with van der Waals surface area (Å²) in [6.07, 6.45) is 5.24. The van der Waals surface area contributed by atoms with Gasteiger partial charge in [0.15, 0.2) is 0 Å². The van der Waals surface area contributed by atoms with Crippen LogP contribution in [-0.2, 0) is 6.54 Å². The first-order valence-electron chi connectivity index (χ1n) is 9.38. The van der Waals surface area contributed by atoms with Gasteiger partial charge in [0.05, 0.1) is 11.4 Å². The van der Waals surface area contributed by atoms with Gasteiger partial charge in [-0.15, -0.1) is 0 Å². The zero-order chi connectivity index (χ0) is 20.2. The average Bonchev–Trinajstić information content (AvgIpc) is 3.23. The Morgan fingerprint density at radius 2 is 1.83 bits per heavy atom. The zero-order valence-corrected chi connectivity index (χ0v) is 16.3. The van der Waals surface area contributed by atoms with E-state index in [1.807, 2.05) is 68.4 Å². The molecule has 1 N–H and O–H groups in total. The summed E-state index contributed by atoms with van der Waals surface area (Å²) in [7, 11) is 0. The Balaban J connectivity index is 1.43. The largest absolute Gasteiger partial charge is 0.342 e. The molecule has 0 saturated heterocycles. The molecule has 0 spiro atoms. The molecule has 0 atom stereocenters. The van der Waals surface area contributed by atoms with E-state index in [4.69, 9.17) is 0 Å². The minimum Gasteiger partial charge on any atom is -0.332 e.